The zero-order valence-corrected chi connectivity index (χ0v) is 17.5. The number of thioether (sulfide) groups is 1. The van der Waals surface area contributed by atoms with Gasteiger partial charge in [0.15, 0.2) is 11.0 Å². The molecule has 0 aliphatic rings. The number of carbonyl (C=O) groups is 1. The Bertz CT molecular complexity index is 946. The molecule has 9 heteroatoms. The smallest absolute Gasteiger partial charge is 0.234 e. The largest absolute Gasteiger partial charge is 0.378 e. The van der Waals surface area contributed by atoms with Crippen LogP contribution < -0.4 is 10.6 Å². The molecule has 1 heterocycles. The number of hydrogen-bond acceptors (Lipinski definition) is 5. The van der Waals surface area contributed by atoms with Crippen LogP contribution in [-0.4, -0.2) is 26.4 Å². The summed E-state index contributed by atoms with van der Waals surface area (Å²) in [5.41, 5.74) is 1.62. The highest BCUT2D eigenvalue weighted by molar-refractivity contribution is 7.99. The molecule has 3 aromatic rings. The number of hydrogen-bond donors (Lipinski definition) is 2. The first-order chi connectivity index (χ1) is 13.5. The maximum absolute atomic E-state index is 12.2. The third kappa shape index (κ3) is 5.64. The zero-order valence-electron chi connectivity index (χ0n) is 15.2. The monoisotopic (exact) mass is 435 g/mol. The molecule has 0 spiro atoms. The molecule has 0 aliphatic heterocycles. The molecule has 1 aromatic heterocycles. The summed E-state index contributed by atoms with van der Waals surface area (Å²) >= 11 is 13.2. The molecular weight excluding hydrogens is 417 g/mol. The van der Waals surface area contributed by atoms with Crippen LogP contribution in [0.25, 0.3) is 0 Å². The van der Waals surface area contributed by atoms with Crippen molar-refractivity contribution in [3.8, 4) is 0 Å². The van der Waals surface area contributed by atoms with Crippen LogP contribution in [0.1, 0.15) is 12.7 Å². The average Bonchev–Trinajstić information content (AvgIpc) is 3.08. The van der Waals surface area contributed by atoms with Gasteiger partial charge in [-0.1, -0.05) is 41.0 Å². The first kappa shape index (κ1) is 20.5. The van der Waals surface area contributed by atoms with Crippen molar-refractivity contribution in [1.29, 1.82) is 0 Å². The first-order valence-electron chi connectivity index (χ1n) is 8.65. The molecule has 0 aliphatic carbocycles. The van der Waals surface area contributed by atoms with Gasteiger partial charge in [0.25, 0.3) is 0 Å². The summed E-state index contributed by atoms with van der Waals surface area (Å²) < 4.78 is 1.99. The molecule has 0 fully saturated rings. The van der Waals surface area contributed by atoms with E-state index in [0.717, 1.165) is 11.5 Å². The molecule has 6 nitrogen and oxygen atoms in total. The molecule has 1 amide bonds. The minimum atomic E-state index is -0.126. The Labute approximate surface area is 177 Å². The van der Waals surface area contributed by atoms with E-state index in [1.807, 2.05) is 35.8 Å². The number of anilines is 2. The number of aromatic nitrogens is 3. The number of nitrogens with zero attached hydrogens (tertiary/aromatic N) is 3. The lowest BCUT2D eigenvalue weighted by atomic mass is 10.3. The summed E-state index contributed by atoms with van der Waals surface area (Å²) in [6.45, 7) is 3.26. The summed E-state index contributed by atoms with van der Waals surface area (Å²) in [4.78, 5) is 12.2. The van der Waals surface area contributed by atoms with Gasteiger partial charge in [-0.25, -0.2) is 0 Å². The van der Waals surface area contributed by atoms with Crippen molar-refractivity contribution < 1.29 is 4.79 Å². The predicted molar refractivity (Wildman–Crippen MR) is 115 cm³/mol. The van der Waals surface area contributed by atoms with E-state index in [1.54, 1.807) is 24.3 Å². The highest BCUT2D eigenvalue weighted by atomic mass is 35.5. The normalized spacial score (nSPS) is 10.7. The van der Waals surface area contributed by atoms with E-state index in [-0.39, 0.29) is 11.7 Å². The lowest BCUT2D eigenvalue weighted by molar-refractivity contribution is -0.113. The molecule has 3 rings (SSSR count). The fraction of sp³-hybridized carbons (Fsp3) is 0.211. The second-order valence-corrected chi connectivity index (χ2v) is 7.67. The van der Waals surface area contributed by atoms with Crippen LogP contribution >= 0.6 is 35.0 Å². The van der Waals surface area contributed by atoms with Crippen LogP contribution in [0.3, 0.4) is 0 Å². The van der Waals surface area contributed by atoms with Crippen molar-refractivity contribution in [3.63, 3.8) is 0 Å². The lowest BCUT2D eigenvalue weighted by Crippen LogP contribution is -2.15. The molecule has 2 aromatic carbocycles. The number of carbonyl (C=O) groups excluding carboxylic acids is 1. The molecule has 0 saturated heterocycles. The molecule has 0 bridgehead atoms. The fourth-order valence-electron chi connectivity index (χ4n) is 2.52. The van der Waals surface area contributed by atoms with Gasteiger partial charge in [-0.05, 0) is 49.4 Å². The van der Waals surface area contributed by atoms with Crippen molar-refractivity contribution in [2.75, 3.05) is 16.4 Å². The summed E-state index contributed by atoms with van der Waals surface area (Å²) in [5.74, 6) is 0.906. The van der Waals surface area contributed by atoms with Gasteiger partial charge in [-0.15, -0.1) is 10.2 Å². The summed E-state index contributed by atoms with van der Waals surface area (Å²) in [6.07, 6.45) is 0. The Balaban J connectivity index is 1.57. The van der Waals surface area contributed by atoms with E-state index >= 15 is 0 Å². The standard InChI is InChI=1S/C19H19Cl2N5OS/c1-2-26-17(11-22-15-8-6-13(20)7-9-15)24-25-19(26)28-12-18(27)23-16-5-3-4-14(21)10-16/h3-10,22H,2,11-12H2,1H3,(H,23,27). The van der Waals surface area contributed by atoms with Crippen LogP contribution in [0.15, 0.2) is 53.7 Å². The zero-order chi connectivity index (χ0) is 19.9. The molecule has 0 saturated carbocycles. The minimum Gasteiger partial charge on any atom is -0.378 e. The van der Waals surface area contributed by atoms with Gasteiger partial charge in [-0.2, -0.15) is 0 Å². The molecule has 0 atom stereocenters. The maximum Gasteiger partial charge on any atom is 0.234 e. The van der Waals surface area contributed by atoms with Crippen molar-refractivity contribution in [2.24, 2.45) is 0 Å². The van der Waals surface area contributed by atoms with Gasteiger partial charge in [0.2, 0.25) is 5.91 Å². The highest BCUT2D eigenvalue weighted by Crippen LogP contribution is 2.20. The predicted octanol–water partition coefficient (Wildman–Crippen LogP) is 4.95. The molecule has 2 N–H and O–H groups in total. The Morgan fingerprint density at radius 3 is 2.57 bits per heavy atom. The van der Waals surface area contributed by atoms with E-state index in [0.29, 0.717) is 34.0 Å². The van der Waals surface area contributed by atoms with Gasteiger partial charge in [-0.3, -0.25) is 4.79 Å². The lowest BCUT2D eigenvalue weighted by Gasteiger charge is -2.09. The van der Waals surface area contributed by atoms with Crippen LogP contribution in [0, 0.1) is 0 Å². The number of benzene rings is 2. The Morgan fingerprint density at radius 2 is 1.86 bits per heavy atom. The number of halogens is 2. The van der Waals surface area contributed by atoms with E-state index in [4.69, 9.17) is 23.2 Å². The van der Waals surface area contributed by atoms with Crippen molar-refractivity contribution in [2.45, 2.75) is 25.2 Å². The number of rotatable bonds is 8. The van der Waals surface area contributed by atoms with Crippen LogP contribution in [0.5, 0.6) is 0 Å². The van der Waals surface area contributed by atoms with Gasteiger partial charge < -0.3 is 15.2 Å². The van der Waals surface area contributed by atoms with Gasteiger partial charge in [0.1, 0.15) is 0 Å². The van der Waals surface area contributed by atoms with Crippen LogP contribution in [-0.2, 0) is 17.9 Å². The summed E-state index contributed by atoms with van der Waals surface area (Å²) in [6, 6.07) is 14.5. The third-order valence-corrected chi connectivity index (χ3v) is 5.30. The SMILES string of the molecule is CCn1c(CNc2ccc(Cl)cc2)nnc1SCC(=O)Nc1cccc(Cl)c1. The number of nitrogens with one attached hydrogen (secondary N) is 2. The van der Waals surface area contributed by atoms with E-state index < -0.39 is 0 Å². The molecular formula is C19H19Cl2N5OS. The van der Waals surface area contributed by atoms with Gasteiger partial charge in [0, 0.05) is 28.0 Å². The Morgan fingerprint density at radius 1 is 1.07 bits per heavy atom. The quantitative estimate of drug-likeness (QED) is 0.489. The third-order valence-electron chi connectivity index (χ3n) is 3.85. The summed E-state index contributed by atoms with van der Waals surface area (Å²) in [7, 11) is 0. The van der Waals surface area contributed by atoms with Crippen molar-refractivity contribution in [3.05, 3.63) is 64.4 Å². The van der Waals surface area contributed by atoms with Gasteiger partial charge >= 0.3 is 0 Å². The van der Waals surface area contributed by atoms with E-state index in [1.165, 1.54) is 11.8 Å². The molecule has 28 heavy (non-hydrogen) atoms. The second kappa shape index (κ2) is 9.82. The Kier molecular flexibility index (Phi) is 7.19. The molecule has 0 unspecified atom stereocenters. The van der Waals surface area contributed by atoms with E-state index in [2.05, 4.69) is 20.8 Å². The van der Waals surface area contributed by atoms with E-state index in [9.17, 15) is 4.79 Å². The average molecular weight is 436 g/mol. The van der Waals surface area contributed by atoms with Crippen LogP contribution in [0.4, 0.5) is 11.4 Å². The van der Waals surface area contributed by atoms with Gasteiger partial charge in [0.05, 0.1) is 12.3 Å². The van der Waals surface area contributed by atoms with Crippen LogP contribution in [0.2, 0.25) is 10.0 Å². The first-order valence-corrected chi connectivity index (χ1v) is 10.4. The summed E-state index contributed by atoms with van der Waals surface area (Å²) in [5, 5.41) is 16.6. The fourth-order valence-corrected chi connectivity index (χ4v) is 3.65. The molecule has 0 radical (unpaired) electrons. The Hall–Kier alpha value is -2.22. The highest BCUT2D eigenvalue weighted by Gasteiger charge is 2.13. The maximum atomic E-state index is 12.2. The second-order valence-electron chi connectivity index (χ2n) is 5.85. The topological polar surface area (TPSA) is 71.8 Å². The molecule has 146 valence electrons. The van der Waals surface area contributed by atoms with Crippen molar-refractivity contribution >= 4 is 52.2 Å². The number of amides is 1. The van der Waals surface area contributed by atoms with Crippen molar-refractivity contribution in [1.82, 2.24) is 14.8 Å². The minimum absolute atomic E-state index is 0.126.